The van der Waals surface area contributed by atoms with Crippen molar-refractivity contribution in [2.45, 2.75) is 26.2 Å². The van der Waals surface area contributed by atoms with Crippen LogP contribution in [0.3, 0.4) is 0 Å². The topological polar surface area (TPSA) is 45.7 Å². The van der Waals surface area contributed by atoms with Crippen molar-refractivity contribution < 1.29 is 4.74 Å². The van der Waals surface area contributed by atoms with Crippen LogP contribution in [0.4, 0.5) is 0 Å². The Morgan fingerprint density at radius 2 is 1.55 bits per heavy atom. The van der Waals surface area contributed by atoms with E-state index in [0.29, 0.717) is 13.2 Å². The molecular formula is C23H28IN3OS. The molecule has 0 radical (unpaired) electrons. The monoisotopic (exact) mass is 521 g/mol. The van der Waals surface area contributed by atoms with E-state index in [4.69, 9.17) is 4.74 Å². The zero-order valence-electron chi connectivity index (χ0n) is 16.6. The maximum Gasteiger partial charge on any atom is 0.191 e. The lowest BCUT2D eigenvalue weighted by atomic mass is 10.1. The summed E-state index contributed by atoms with van der Waals surface area (Å²) in [6, 6.07) is 23.0. The van der Waals surface area contributed by atoms with E-state index in [0.717, 1.165) is 25.5 Å². The van der Waals surface area contributed by atoms with Crippen molar-refractivity contribution in [2.24, 2.45) is 4.99 Å². The van der Waals surface area contributed by atoms with E-state index in [1.807, 2.05) is 18.2 Å². The third-order valence-corrected chi connectivity index (χ3v) is 5.27. The molecule has 0 amide bonds. The van der Waals surface area contributed by atoms with E-state index in [9.17, 15) is 0 Å². The molecule has 2 aromatic carbocycles. The van der Waals surface area contributed by atoms with E-state index in [-0.39, 0.29) is 24.0 Å². The number of hydrogen-bond donors (Lipinski definition) is 2. The average molecular weight is 521 g/mol. The van der Waals surface area contributed by atoms with Gasteiger partial charge in [-0.2, -0.15) is 0 Å². The summed E-state index contributed by atoms with van der Waals surface area (Å²) in [4.78, 5) is 5.67. The van der Waals surface area contributed by atoms with Gasteiger partial charge >= 0.3 is 0 Å². The lowest BCUT2D eigenvalue weighted by Gasteiger charge is -2.12. The standard InChI is InChI=1S/C23H27N3OS.HI/c1-24-23(25-14-13-22-8-5-15-28-22)26-16-19-9-11-21(12-10-19)18-27-17-20-6-3-2-4-7-20;/h2-12,15H,13-14,16-18H2,1H3,(H2,24,25,26);1H. The molecule has 0 aliphatic heterocycles. The third kappa shape index (κ3) is 8.55. The Hall–Kier alpha value is -1.90. The third-order valence-electron chi connectivity index (χ3n) is 4.33. The Labute approximate surface area is 194 Å². The Kier molecular flexibility index (Phi) is 10.8. The largest absolute Gasteiger partial charge is 0.372 e. The van der Waals surface area contributed by atoms with E-state index in [1.54, 1.807) is 18.4 Å². The van der Waals surface area contributed by atoms with Crippen LogP contribution in [-0.2, 0) is 30.9 Å². The van der Waals surface area contributed by atoms with Gasteiger partial charge in [-0.25, -0.2) is 0 Å². The average Bonchev–Trinajstić information content (AvgIpc) is 3.26. The summed E-state index contributed by atoms with van der Waals surface area (Å²) in [5.74, 6) is 0.826. The zero-order valence-corrected chi connectivity index (χ0v) is 19.8. The first kappa shape index (κ1) is 23.4. The predicted octanol–water partition coefficient (Wildman–Crippen LogP) is 4.99. The Morgan fingerprint density at radius 1 is 0.862 bits per heavy atom. The van der Waals surface area contributed by atoms with E-state index in [2.05, 4.69) is 69.5 Å². The highest BCUT2D eigenvalue weighted by atomic mass is 127. The molecule has 0 aliphatic rings. The summed E-state index contributed by atoms with van der Waals surface area (Å²) >= 11 is 1.79. The molecule has 0 fully saturated rings. The van der Waals surface area contributed by atoms with Gasteiger partial charge in [-0.15, -0.1) is 35.3 Å². The first-order chi connectivity index (χ1) is 13.8. The number of rotatable bonds is 9. The number of ether oxygens (including phenoxy) is 1. The second-order valence-corrected chi connectivity index (χ2v) is 7.51. The van der Waals surface area contributed by atoms with Gasteiger partial charge in [-0.3, -0.25) is 4.99 Å². The maximum absolute atomic E-state index is 5.79. The molecule has 0 aliphatic carbocycles. The first-order valence-electron chi connectivity index (χ1n) is 9.50. The summed E-state index contributed by atoms with van der Waals surface area (Å²) in [7, 11) is 1.80. The van der Waals surface area contributed by atoms with Crippen LogP contribution >= 0.6 is 35.3 Å². The Balaban J connectivity index is 0.00000300. The van der Waals surface area contributed by atoms with Crippen molar-refractivity contribution in [1.29, 1.82) is 0 Å². The molecule has 0 spiro atoms. The van der Waals surface area contributed by atoms with Crippen LogP contribution < -0.4 is 10.6 Å². The highest BCUT2D eigenvalue weighted by Gasteiger charge is 2.01. The second kappa shape index (κ2) is 13.3. The summed E-state index contributed by atoms with van der Waals surface area (Å²) in [5.41, 5.74) is 3.59. The van der Waals surface area contributed by atoms with Crippen LogP contribution in [0.5, 0.6) is 0 Å². The fraction of sp³-hybridized carbons (Fsp3) is 0.261. The minimum atomic E-state index is 0. The number of hydrogen-bond acceptors (Lipinski definition) is 3. The molecule has 1 aromatic heterocycles. The zero-order chi connectivity index (χ0) is 19.4. The fourth-order valence-corrected chi connectivity index (χ4v) is 3.49. The molecule has 0 saturated carbocycles. The van der Waals surface area contributed by atoms with Crippen molar-refractivity contribution in [2.75, 3.05) is 13.6 Å². The number of thiophene rings is 1. The van der Waals surface area contributed by atoms with Gasteiger partial charge in [0.05, 0.1) is 13.2 Å². The molecule has 4 nitrogen and oxygen atoms in total. The molecular weight excluding hydrogens is 493 g/mol. The predicted molar refractivity (Wildman–Crippen MR) is 133 cm³/mol. The Morgan fingerprint density at radius 3 is 2.21 bits per heavy atom. The van der Waals surface area contributed by atoms with Gasteiger partial charge in [-0.05, 0) is 34.6 Å². The summed E-state index contributed by atoms with van der Waals surface area (Å²) in [5, 5.41) is 8.83. The van der Waals surface area contributed by atoms with Crippen LogP contribution in [0.2, 0.25) is 0 Å². The molecule has 0 atom stereocenters. The molecule has 3 aromatic rings. The number of halogens is 1. The maximum atomic E-state index is 5.79. The molecule has 3 rings (SSSR count). The molecule has 1 heterocycles. The summed E-state index contributed by atoms with van der Waals surface area (Å²) in [6.07, 6.45) is 1.01. The molecule has 6 heteroatoms. The number of aliphatic imine (C=N–C) groups is 1. The van der Waals surface area contributed by atoms with Gasteiger partial charge in [0.25, 0.3) is 0 Å². The van der Waals surface area contributed by atoms with Crippen molar-refractivity contribution >= 4 is 41.3 Å². The van der Waals surface area contributed by atoms with Crippen molar-refractivity contribution in [1.82, 2.24) is 10.6 Å². The first-order valence-corrected chi connectivity index (χ1v) is 10.4. The summed E-state index contributed by atoms with van der Waals surface area (Å²) in [6.45, 7) is 2.87. The van der Waals surface area contributed by atoms with Gasteiger partial charge in [0.2, 0.25) is 0 Å². The molecule has 0 saturated heterocycles. The smallest absolute Gasteiger partial charge is 0.191 e. The Bertz CT molecular complexity index is 836. The van der Waals surface area contributed by atoms with Crippen molar-refractivity contribution in [3.63, 3.8) is 0 Å². The quantitative estimate of drug-likeness (QED) is 0.237. The van der Waals surface area contributed by atoms with Crippen LogP contribution in [0, 0.1) is 0 Å². The molecule has 29 heavy (non-hydrogen) atoms. The number of guanidine groups is 1. The van der Waals surface area contributed by atoms with Crippen LogP contribution in [-0.4, -0.2) is 19.6 Å². The van der Waals surface area contributed by atoms with Crippen molar-refractivity contribution in [3.8, 4) is 0 Å². The molecule has 154 valence electrons. The SMILES string of the molecule is CN=C(NCCc1cccs1)NCc1ccc(COCc2ccccc2)cc1.I. The van der Waals surface area contributed by atoms with Crippen LogP contribution in [0.15, 0.2) is 77.1 Å². The van der Waals surface area contributed by atoms with Gasteiger partial charge in [0, 0.05) is 25.0 Å². The highest BCUT2D eigenvalue weighted by Crippen LogP contribution is 2.09. The highest BCUT2D eigenvalue weighted by molar-refractivity contribution is 14.0. The van der Waals surface area contributed by atoms with E-state index >= 15 is 0 Å². The molecule has 0 bridgehead atoms. The minimum Gasteiger partial charge on any atom is -0.372 e. The van der Waals surface area contributed by atoms with Gasteiger partial charge in [0.15, 0.2) is 5.96 Å². The van der Waals surface area contributed by atoms with Crippen LogP contribution in [0.1, 0.15) is 21.6 Å². The fourth-order valence-electron chi connectivity index (χ4n) is 2.78. The molecule has 0 unspecified atom stereocenters. The lowest BCUT2D eigenvalue weighted by molar-refractivity contribution is 0.107. The normalized spacial score (nSPS) is 11.0. The molecule has 2 N–H and O–H groups in total. The number of nitrogens with one attached hydrogen (secondary N) is 2. The lowest BCUT2D eigenvalue weighted by Crippen LogP contribution is -2.37. The minimum absolute atomic E-state index is 0. The summed E-state index contributed by atoms with van der Waals surface area (Å²) < 4.78 is 5.79. The van der Waals surface area contributed by atoms with Gasteiger partial charge in [-0.1, -0.05) is 60.7 Å². The number of benzene rings is 2. The van der Waals surface area contributed by atoms with Crippen LogP contribution in [0.25, 0.3) is 0 Å². The van der Waals surface area contributed by atoms with E-state index in [1.165, 1.54) is 21.6 Å². The second-order valence-electron chi connectivity index (χ2n) is 6.48. The van der Waals surface area contributed by atoms with Crippen molar-refractivity contribution in [3.05, 3.63) is 93.7 Å². The van der Waals surface area contributed by atoms with Gasteiger partial charge < -0.3 is 15.4 Å². The number of nitrogens with zero attached hydrogens (tertiary/aromatic N) is 1. The van der Waals surface area contributed by atoms with E-state index < -0.39 is 0 Å². The van der Waals surface area contributed by atoms with Gasteiger partial charge in [0.1, 0.15) is 0 Å².